The number of carboxylic acid groups (broad SMARTS) is 1. The number of fused-ring (bicyclic) bond motifs is 1. The molecule has 1 aromatic rings. The number of aromatic nitrogens is 4. The number of guanidine groups is 1. The molecule has 4 aliphatic heterocycles. The molecule has 5 rings (SSSR count). The number of aliphatic carboxylic acids is 1. The fourth-order valence-corrected chi connectivity index (χ4v) is 8.01. The van der Waals surface area contributed by atoms with Crippen molar-refractivity contribution in [1.82, 2.24) is 46.0 Å². The van der Waals surface area contributed by atoms with E-state index >= 15 is 0 Å². The summed E-state index contributed by atoms with van der Waals surface area (Å²) in [5, 5.41) is 36.6. The van der Waals surface area contributed by atoms with E-state index in [1.54, 1.807) is 11.8 Å². The van der Waals surface area contributed by atoms with Crippen LogP contribution in [0.2, 0.25) is 0 Å². The average Bonchev–Trinajstić information content (AvgIpc) is 3.56. The predicted octanol–water partition coefficient (Wildman–Crippen LogP) is -3.37. The van der Waals surface area contributed by atoms with E-state index in [-0.39, 0.29) is 64.8 Å². The molecule has 3 amide bonds. The Kier molecular flexibility index (Phi) is 7.37. The number of likely N-dealkylation sites (tertiary alicyclic amines) is 1. The van der Waals surface area contributed by atoms with Gasteiger partial charge in [-0.15, -0.1) is 5.10 Å². The summed E-state index contributed by atoms with van der Waals surface area (Å²) >= 11 is 1.53. The molecule has 0 aliphatic carbocycles. The molecule has 16 nitrogen and oxygen atoms in total. The molecule has 0 radical (unpaired) electrons. The number of tetrazole rings is 1. The van der Waals surface area contributed by atoms with Gasteiger partial charge in [0.2, 0.25) is 17.7 Å². The summed E-state index contributed by atoms with van der Waals surface area (Å²) in [6.45, 7) is 5.16. The molecule has 17 heteroatoms. The van der Waals surface area contributed by atoms with E-state index in [9.17, 15) is 24.3 Å². The van der Waals surface area contributed by atoms with Crippen LogP contribution in [0, 0.1) is 17.2 Å². The summed E-state index contributed by atoms with van der Waals surface area (Å²) in [6, 6.07) is -2.14. The normalized spacial score (nSPS) is 32.7. The van der Waals surface area contributed by atoms with Crippen LogP contribution in [0.4, 0.5) is 0 Å². The van der Waals surface area contributed by atoms with Crippen LogP contribution in [0.1, 0.15) is 20.3 Å². The van der Waals surface area contributed by atoms with Crippen molar-refractivity contribution < 1.29 is 24.3 Å². The lowest BCUT2D eigenvalue weighted by molar-refractivity contribution is -0.166. The standard InChI is InChI=1S/C22H33N11O5S/c1-9-16-15(10(2)27-14(34)7-32-8-26-29-30-32)20(36)33(16)17(21(37)38)18(9)39-12-3-13(25-4-12)19(35)31-5-11(6-31)28-22(23)24/h8-13,15-18,25H,3-7H2,1-2H3,(H,27,34)(H,37,38)(H4,23,24,28)/t9-,10-,12+,13+,15-,16-,17?,18?/m1/s1. The zero-order valence-electron chi connectivity index (χ0n) is 21.6. The van der Waals surface area contributed by atoms with Crippen LogP contribution in [0.3, 0.4) is 0 Å². The largest absolute Gasteiger partial charge is 0.480 e. The third-order valence-electron chi connectivity index (χ3n) is 8.07. The Labute approximate surface area is 228 Å². The van der Waals surface area contributed by atoms with Crippen molar-refractivity contribution in [3.8, 4) is 0 Å². The van der Waals surface area contributed by atoms with E-state index in [0.29, 0.717) is 26.1 Å². The van der Waals surface area contributed by atoms with Crippen LogP contribution in [-0.2, 0) is 25.7 Å². The number of carbonyl (C=O) groups excluding carboxylic acids is 3. The average molecular weight is 564 g/mol. The molecule has 5 heterocycles. The van der Waals surface area contributed by atoms with Crippen LogP contribution in [0.15, 0.2) is 6.33 Å². The number of thioether (sulfide) groups is 1. The molecule has 1 aromatic heterocycles. The van der Waals surface area contributed by atoms with Crippen molar-refractivity contribution in [1.29, 1.82) is 5.41 Å². The van der Waals surface area contributed by atoms with Crippen LogP contribution >= 0.6 is 11.8 Å². The zero-order chi connectivity index (χ0) is 28.0. The first-order valence-electron chi connectivity index (χ1n) is 12.9. The lowest BCUT2D eigenvalue weighted by Crippen LogP contribution is -2.68. The van der Waals surface area contributed by atoms with Crippen LogP contribution in [-0.4, -0.2) is 125 Å². The minimum absolute atomic E-state index is 0.0146. The van der Waals surface area contributed by atoms with E-state index in [1.165, 1.54) is 27.7 Å². The molecule has 2 unspecified atom stereocenters. The lowest BCUT2D eigenvalue weighted by atomic mass is 9.78. The summed E-state index contributed by atoms with van der Waals surface area (Å²) in [5.41, 5.74) is 5.35. The molecule has 212 valence electrons. The van der Waals surface area contributed by atoms with Gasteiger partial charge < -0.3 is 36.6 Å². The number of hydrogen-bond donors (Lipinski definition) is 6. The highest BCUT2D eigenvalue weighted by atomic mass is 32.2. The molecular weight excluding hydrogens is 530 g/mol. The maximum absolute atomic E-state index is 13.2. The Bertz CT molecular complexity index is 1150. The monoisotopic (exact) mass is 563 g/mol. The zero-order valence-corrected chi connectivity index (χ0v) is 22.4. The van der Waals surface area contributed by atoms with Gasteiger partial charge in [-0.3, -0.25) is 19.8 Å². The highest BCUT2D eigenvalue weighted by molar-refractivity contribution is 8.00. The number of carbonyl (C=O) groups is 4. The molecule has 7 N–H and O–H groups in total. The number of rotatable bonds is 9. The van der Waals surface area contributed by atoms with E-state index < -0.39 is 24.0 Å². The number of nitrogens with zero attached hydrogens (tertiary/aromatic N) is 6. The Hall–Kier alpha value is -3.47. The SMILES string of the molecule is C[C@@H](NC(=O)Cn1cnnn1)[C@H]1C(=O)N2C(C(=O)O)C(S[C@@H]3CN[C@H](C(=O)N4CC(NC(=N)N)C4)C3)[C@H](C)[C@H]12. The molecule has 39 heavy (non-hydrogen) atoms. The molecule has 8 atom stereocenters. The van der Waals surface area contributed by atoms with E-state index in [2.05, 4.69) is 31.5 Å². The van der Waals surface area contributed by atoms with Crippen molar-refractivity contribution in [3.05, 3.63) is 6.33 Å². The van der Waals surface area contributed by atoms with Gasteiger partial charge in [0.25, 0.3) is 0 Å². The van der Waals surface area contributed by atoms with Gasteiger partial charge in [-0.25, -0.2) is 9.48 Å². The van der Waals surface area contributed by atoms with Crippen molar-refractivity contribution in [2.24, 2.45) is 17.6 Å². The van der Waals surface area contributed by atoms with E-state index in [4.69, 9.17) is 11.1 Å². The molecule has 4 fully saturated rings. The number of nitrogens with two attached hydrogens (primary N) is 1. The topological polar surface area (TPSA) is 225 Å². The lowest BCUT2D eigenvalue weighted by Gasteiger charge is -2.48. The first kappa shape index (κ1) is 27.1. The van der Waals surface area contributed by atoms with Gasteiger partial charge in [0.05, 0.1) is 18.0 Å². The third-order valence-corrected chi connectivity index (χ3v) is 9.81. The van der Waals surface area contributed by atoms with Crippen LogP contribution in [0.25, 0.3) is 0 Å². The van der Waals surface area contributed by atoms with Crippen LogP contribution in [0.5, 0.6) is 0 Å². The third kappa shape index (κ3) is 5.11. The molecule has 4 saturated heterocycles. The minimum Gasteiger partial charge on any atom is -0.480 e. The number of carboxylic acids is 1. The second-order valence-corrected chi connectivity index (χ2v) is 12.2. The van der Waals surface area contributed by atoms with Crippen molar-refractivity contribution in [2.75, 3.05) is 19.6 Å². The van der Waals surface area contributed by atoms with E-state index in [0.717, 1.165) is 0 Å². The second kappa shape index (κ2) is 10.6. The van der Waals surface area contributed by atoms with Gasteiger partial charge >= 0.3 is 5.97 Å². The van der Waals surface area contributed by atoms with Crippen molar-refractivity contribution in [3.63, 3.8) is 0 Å². The van der Waals surface area contributed by atoms with Crippen molar-refractivity contribution >= 4 is 41.4 Å². The van der Waals surface area contributed by atoms with Gasteiger partial charge in [-0.2, -0.15) is 11.8 Å². The number of amides is 3. The van der Waals surface area contributed by atoms with E-state index in [1.807, 2.05) is 6.92 Å². The molecule has 4 aliphatic rings. The Morgan fingerprint density at radius 1 is 1.36 bits per heavy atom. The number of hydrogen-bond acceptors (Lipinski definition) is 10. The van der Waals surface area contributed by atoms with Gasteiger partial charge in [0.15, 0.2) is 5.96 Å². The van der Waals surface area contributed by atoms with Gasteiger partial charge in [-0.1, -0.05) is 6.92 Å². The van der Waals surface area contributed by atoms with Gasteiger partial charge in [0, 0.05) is 42.2 Å². The number of nitrogens with one attached hydrogen (secondary N) is 4. The number of β-lactam (4-membered cyclic amide) rings is 1. The van der Waals surface area contributed by atoms with Crippen LogP contribution < -0.4 is 21.7 Å². The Morgan fingerprint density at radius 3 is 2.74 bits per heavy atom. The quantitative estimate of drug-likeness (QED) is 0.0984. The maximum Gasteiger partial charge on any atom is 0.327 e. The smallest absolute Gasteiger partial charge is 0.327 e. The predicted molar refractivity (Wildman–Crippen MR) is 137 cm³/mol. The highest BCUT2D eigenvalue weighted by Crippen LogP contribution is 2.50. The molecule has 0 bridgehead atoms. The first-order chi connectivity index (χ1) is 18.5. The first-order valence-corrected chi connectivity index (χ1v) is 13.8. The molecule has 0 aromatic carbocycles. The van der Waals surface area contributed by atoms with Crippen molar-refractivity contribution in [2.45, 2.75) is 67.5 Å². The fraction of sp³-hybridized carbons (Fsp3) is 0.727. The summed E-state index contributed by atoms with van der Waals surface area (Å²) in [7, 11) is 0. The summed E-state index contributed by atoms with van der Waals surface area (Å²) in [4.78, 5) is 54.0. The molecular formula is C22H33N11O5S. The summed E-state index contributed by atoms with van der Waals surface area (Å²) in [5.74, 6) is -2.45. The highest BCUT2D eigenvalue weighted by Gasteiger charge is 2.65. The Balaban J connectivity index is 1.18. The van der Waals surface area contributed by atoms with Gasteiger partial charge in [-0.05, 0) is 29.7 Å². The minimum atomic E-state index is -1.05. The fourth-order valence-electron chi connectivity index (χ4n) is 6.26. The Morgan fingerprint density at radius 2 is 2.10 bits per heavy atom. The summed E-state index contributed by atoms with van der Waals surface area (Å²) < 4.78 is 1.28. The van der Waals surface area contributed by atoms with Gasteiger partial charge in [0.1, 0.15) is 18.9 Å². The maximum atomic E-state index is 13.2. The molecule has 0 spiro atoms. The summed E-state index contributed by atoms with van der Waals surface area (Å²) in [6.07, 6.45) is 1.88. The second-order valence-electron chi connectivity index (χ2n) is 10.7. The molecule has 0 saturated carbocycles.